The van der Waals surface area contributed by atoms with Crippen LogP contribution in [0.3, 0.4) is 0 Å². The third-order valence-corrected chi connectivity index (χ3v) is 12.1. The first-order chi connectivity index (χ1) is 31.1. The van der Waals surface area contributed by atoms with Crippen molar-refractivity contribution in [2.45, 2.75) is 211 Å². The number of aliphatic hydroxyl groups excluding tert-OH is 4. The van der Waals surface area contributed by atoms with E-state index in [1.165, 1.54) is 57.8 Å². The number of unbranched alkanes of at least 4 members (excludes halogenated alkanes) is 15. The molecule has 0 spiro atoms. The SMILES string of the molecule is CCCCC/C=C\C/C=C\C/C=C\C/C=C\CCCC(=O)OC[C@H](COP(=O)(O)O[C@H]1C(O)C(O)C(O)[C@@H](OP(=O)(O)O)C1O)OC(=O)CCCCCCC/C=C\CCCCCCCC. The molecule has 1 rings (SSSR count). The van der Waals surface area contributed by atoms with E-state index in [4.69, 9.17) is 18.5 Å². The van der Waals surface area contributed by atoms with Gasteiger partial charge in [0.1, 0.15) is 43.2 Å². The summed E-state index contributed by atoms with van der Waals surface area (Å²) in [5, 5.41) is 41.2. The number of hydrogen-bond donors (Lipinski definition) is 7. The lowest BCUT2D eigenvalue weighted by Gasteiger charge is -2.43. The van der Waals surface area contributed by atoms with E-state index in [-0.39, 0.29) is 12.8 Å². The highest BCUT2D eigenvalue weighted by Gasteiger charge is 2.54. The van der Waals surface area contributed by atoms with Crippen LogP contribution in [0.25, 0.3) is 0 Å². The van der Waals surface area contributed by atoms with Gasteiger partial charge in [0.15, 0.2) is 6.10 Å². The molecule has 7 N–H and O–H groups in total. The maximum absolute atomic E-state index is 13.0. The van der Waals surface area contributed by atoms with Crippen molar-refractivity contribution in [3.8, 4) is 0 Å². The van der Waals surface area contributed by atoms with Gasteiger partial charge in [0.2, 0.25) is 0 Å². The molecule has 0 amide bonds. The highest BCUT2D eigenvalue weighted by Crippen LogP contribution is 2.49. The van der Waals surface area contributed by atoms with Crippen molar-refractivity contribution in [1.82, 2.24) is 0 Å². The quantitative estimate of drug-likeness (QED) is 0.0131. The Morgan fingerprint density at radius 3 is 1.45 bits per heavy atom. The van der Waals surface area contributed by atoms with Gasteiger partial charge in [-0.25, -0.2) is 9.13 Å². The van der Waals surface area contributed by atoms with Crippen molar-refractivity contribution >= 4 is 27.6 Å². The first-order valence-electron chi connectivity index (χ1n) is 23.8. The summed E-state index contributed by atoms with van der Waals surface area (Å²) >= 11 is 0. The summed E-state index contributed by atoms with van der Waals surface area (Å²) in [6.45, 7) is 3.02. The van der Waals surface area contributed by atoms with Crippen molar-refractivity contribution in [3.63, 3.8) is 0 Å². The minimum atomic E-state index is -5.37. The molecule has 0 bridgehead atoms. The molecule has 0 aromatic carbocycles. The summed E-state index contributed by atoms with van der Waals surface area (Å²) in [5.74, 6) is -1.28. The van der Waals surface area contributed by atoms with Crippen LogP contribution in [0, 0.1) is 0 Å². The molecule has 0 aliphatic heterocycles. The first kappa shape index (κ1) is 60.7. The first-order valence-corrected chi connectivity index (χ1v) is 26.9. The highest BCUT2D eigenvalue weighted by molar-refractivity contribution is 7.47. The van der Waals surface area contributed by atoms with Gasteiger partial charge < -0.3 is 44.6 Å². The number of phosphoric acid groups is 2. The average Bonchev–Trinajstić information content (AvgIpc) is 3.26. The maximum Gasteiger partial charge on any atom is 0.472 e. The van der Waals surface area contributed by atoms with E-state index in [9.17, 15) is 53.8 Å². The molecule has 18 heteroatoms. The second-order valence-corrected chi connectivity index (χ2v) is 19.1. The number of phosphoric ester groups is 2. The van der Waals surface area contributed by atoms with Crippen LogP contribution < -0.4 is 0 Å². The zero-order chi connectivity index (χ0) is 48.2. The number of aliphatic hydroxyl groups is 4. The number of ether oxygens (including phenoxy) is 2. The Balaban J connectivity index is 2.64. The number of carbonyl (C=O) groups excluding carboxylic acids is 2. The Morgan fingerprint density at radius 2 is 0.908 bits per heavy atom. The average molecular weight is 965 g/mol. The van der Waals surface area contributed by atoms with Gasteiger partial charge in [-0.3, -0.25) is 23.2 Å². The fourth-order valence-corrected chi connectivity index (χ4v) is 8.37. The van der Waals surface area contributed by atoms with Gasteiger partial charge in [-0.2, -0.15) is 0 Å². The van der Waals surface area contributed by atoms with Crippen molar-refractivity contribution < 1.29 is 76.9 Å². The molecule has 0 radical (unpaired) electrons. The summed E-state index contributed by atoms with van der Waals surface area (Å²) in [4.78, 5) is 54.2. The number of hydrogen-bond acceptors (Lipinski definition) is 13. The van der Waals surface area contributed by atoms with E-state index in [2.05, 4.69) is 67.0 Å². The molecule has 0 aromatic rings. The summed E-state index contributed by atoms with van der Waals surface area (Å²) in [6, 6.07) is 0. The summed E-state index contributed by atoms with van der Waals surface area (Å²) in [7, 11) is -10.7. The zero-order valence-corrected chi connectivity index (χ0v) is 40.7. The van der Waals surface area contributed by atoms with Gasteiger partial charge in [-0.1, -0.05) is 139 Å². The van der Waals surface area contributed by atoms with Gasteiger partial charge in [-0.05, 0) is 77.0 Å². The lowest BCUT2D eigenvalue weighted by molar-refractivity contribution is -0.216. The molecule has 1 fully saturated rings. The summed E-state index contributed by atoms with van der Waals surface area (Å²) in [6.07, 6.45) is 29.0. The van der Waals surface area contributed by atoms with E-state index >= 15 is 0 Å². The Bertz CT molecular complexity index is 1490. The predicted octanol–water partition coefficient (Wildman–Crippen LogP) is 9.06. The molecule has 8 atom stereocenters. The Morgan fingerprint density at radius 1 is 0.492 bits per heavy atom. The van der Waals surface area contributed by atoms with Crippen LogP contribution in [-0.4, -0.2) is 103 Å². The van der Waals surface area contributed by atoms with Crippen molar-refractivity contribution in [3.05, 3.63) is 60.8 Å². The smallest absolute Gasteiger partial charge is 0.462 e. The predicted molar refractivity (Wildman–Crippen MR) is 250 cm³/mol. The van der Waals surface area contributed by atoms with Gasteiger partial charge in [0.05, 0.1) is 6.61 Å². The third kappa shape index (κ3) is 32.2. The number of rotatable bonds is 39. The van der Waals surface area contributed by atoms with Crippen molar-refractivity contribution in [1.29, 1.82) is 0 Å². The molecule has 16 nitrogen and oxygen atoms in total. The van der Waals surface area contributed by atoms with Crippen LogP contribution in [0.1, 0.15) is 168 Å². The third-order valence-electron chi connectivity index (χ3n) is 10.6. The molecule has 5 unspecified atom stereocenters. The largest absolute Gasteiger partial charge is 0.472 e. The maximum atomic E-state index is 13.0. The Hall–Kier alpha value is -2.30. The van der Waals surface area contributed by atoms with Crippen LogP contribution in [0.15, 0.2) is 60.8 Å². The highest BCUT2D eigenvalue weighted by atomic mass is 31.2. The lowest BCUT2D eigenvalue weighted by atomic mass is 9.85. The van der Waals surface area contributed by atoms with Crippen LogP contribution in [-0.2, 0) is 41.8 Å². The van der Waals surface area contributed by atoms with Gasteiger partial charge in [0, 0.05) is 12.8 Å². The second kappa shape index (κ2) is 37.7. The summed E-state index contributed by atoms with van der Waals surface area (Å²) < 4.78 is 49.3. The molecule has 65 heavy (non-hydrogen) atoms. The van der Waals surface area contributed by atoms with Crippen molar-refractivity contribution in [2.24, 2.45) is 0 Å². The number of carbonyl (C=O) groups is 2. The Kier molecular flexibility index (Phi) is 35.2. The lowest BCUT2D eigenvalue weighted by Crippen LogP contribution is -2.64. The zero-order valence-electron chi connectivity index (χ0n) is 38.9. The topological polar surface area (TPSA) is 256 Å². The molecule has 0 heterocycles. The van der Waals surface area contributed by atoms with E-state index in [1.807, 2.05) is 12.2 Å². The van der Waals surface area contributed by atoms with Crippen LogP contribution in [0.4, 0.5) is 0 Å². The molecule has 1 saturated carbocycles. The number of esters is 2. The summed E-state index contributed by atoms with van der Waals surface area (Å²) in [5.41, 5.74) is 0. The molecular formula is C47H82O16P2. The molecular weight excluding hydrogens is 882 g/mol. The second-order valence-electron chi connectivity index (χ2n) is 16.5. The van der Waals surface area contributed by atoms with Crippen LogP contribution >= 0.6 is 15.6 Å². The monoisotopic (exact) mass is 965 g/mol. The van der Waals surface area contributed by atoms with Gasteiger partial charge in [-0.15, -0.1) is 0 Å². The fourth-order valence-electron chi connectivity index (χ4n) is 6.84. The van der Waals surface area contributed by atoms with Crippen LogP contribution in [0.5, 0.6) is 0 Å². The molecule has 0 saturated heterocycles. The van der Waals surface area contributed by atoms with E-state index in [1.54, 1.807) is 0 Å². The van der Waals surface area contributed by atoms with E-state index in [0.717, 1.165) is 64.2 Å². The molecule has 0 aromatic heterocycles. The molecule has 376 valence electrons. The van der Waals surface area contributed by atoms with Crippen LogP contribution in [0.2, 0.25) is 0 Å². The minimum Gasteiger partial charge on any atom is -0.462 e. The normalized spacial score (nSPS) is 22.2. The molecule has 1 aliphatic rings. The Labute approximate surface area is 388 Å². The van der Waals surface area contributed by atoms with Gasteiger partial charge >= 0.3 is 27.6 Å². The van der Waals surface area contributed by atoms with E-state index < -0.39 is 83.5 Å². The molecule has 1 aliphatic carbocycles. The van der Waals surface area contributed by atoms with Gasteiger partial charge in [0.25, 0.3) is 0 Å². The van der Waals surface area contributed by atoms with E-state index in [0.29, 0.717) is 19.3 Å². The standard InChI is InChI=1S/C47H82O16P2/c1-3-5-7-9-11-13-15-17-19-20-22-23-25-27-29-31-33-35-40(48)59-37-39(61-41(49)36-34-32-30-28-26-24-21-18-16-14-12-10-8-6-4-2)38-60-65(57,58)63-47-44(52)42(50)43(51)46(45(47)53)62-64(54,55)56/h11,13,17-19,21-23,27,29,39,42-47,50-53H,3-10,12,14-16,20,24-26,28,30-38H2,1-2H3,(H,57,58)(H2,54,55,56)/b13-11-,19-17-,21-18-,23-22-,29-27-/t39-,42?,43?,44?,45?,46-,47+/m1/s1. The minimum absolute atomic E-state index is 0.0204. The fraction of sp³-hybridized carbons (Fsp3) is 0.745. The van der Waals surface area contributed by atoms with Crippen molar-refractivity contribution in [2.75, 3.05) is 13.2 Å². The number of allylic oxidation sites excluding steroid dienone is 10.